The number of aromatic nitrogens is 3. The van der Waals surface area contributed by atoms with E-state index in [0.29, 0.717) is 5.69 Å². The summed E-state index contributed by atoms with van der Waals surface area (Å²) in [5.41, 5.74) is 5.79. The van der Waals surface area contributed by atoms with Gasteiger partial charge in [-0.05, 0) is 6.07 Å². The molecule has 0 atom stereocenters. The number of carbonyl (C=O) groups excluding carboxylic acids is 1. The van der Waals surface area contributed by atoms with E-state index < -0.39 is 10.8 Å². The Hall–Kier alpha value is -3.10. The van der Waals surface area contributed by atoms with Crippen LogP contribution in [0.15, 0.2) is 30.9 Å². The van der Waals surface area contributed by atoms with Crippen molar-refractivity contribution in [1.82, 2.24) is 20.3 Å². The Morgan fingerprint density at radius 3 is 2.90 bits per heavy atom. The first kappa shape index (κ1) is 13.3. The predicted octanol–water partition coefficient (Wildman–Crippen LogP) is 0.292. The maximum absolute atomic E-state index is 11.9. The average molecular weight is 274 g/mol. The van der Waals surface area contributed by atoms with Gasteiger partial charge in [0, 0.05) is 12.3 Å². The van der Waals surface area contributed by atoms with E-state index in [-0.39, 0.29) is 23.6 Å². The Morgan fingerprint density at radius 1 is 1.45 bits per heavy atom. The second-order valence-electron chi connectivity index (χ2n) is 3.77. The van der Waals surface area contributed by atoms with Crippen molar-refractivity contribution in [2.24, 2.45) is 0 Å². The van der Waals surface area contributed by atoms with Crippen molar-refractivity contribution < 1.29 is 9.72 Å². The topological polar surface area (TPSA) is 137 Å². The molecule has 0 aliphatic rings. The van der Waals surface area contributed by atoms with Gasteiger partial charge < -0.3 is 11.1 Å². The number of anilines is 1. The van der Waals surface area contributed by atoms with Crippen molar-refractivity contribution >= 4 is 17.4 Å². The van der Waals surface area contributed by atoms with Gasteiger partial charge in [0.1, 0.15) is 18.3 Å². The van der Waals surface area contributed by atoms with E-state index in [1.165, 1.54) is 12.5 Å². The Morgan fingerprint density at radius 2 is 2.25 bits per heavy atom. The minimum Gasteiger partial charge on any atom is -0.383 e. The van der Waals surface area contributed by atoms with E-state index in [4.69, 9.17) is 5.73 Å². The van der Waals surface area contributed by atoms with E-state index in [1.54, 1.807) is 6.07 Å². The maximum atomic E-state index is 11.9. The maximum Gasteiger partial charge on any atom is 0.288 e. The second-order valence-corrected chi connectivity index (χ2v) is 3.77. The van der Waals surface area contributed by atoms with Crippen LogP contribution in [0.25, 0.3) is 0 Å². The summed E-state index contributed by atoms with van der Waals surface area (Å²) in [7, 11) is 0. The molecule has 1 amide bonds. The Balaban J connectivity index is 2.13. The standard InChI is InChI=1S/C11H10N6O3/c12-10-9(3-8(5-14-10)17(19)20)11(18)15-4-7-1-2-13-6-16-7/h1-3,5-6H,4H2,(H2,12,14)(H,15,18). The fourth-order valence-electron chi connectivity index (χ4n) is 1.43. The van der Waals surface area contributed by atoms with Crippen LogP contribution in [0.1, 0.15) is 16.1 Å². The zero-order valence-corrected chi connectivity index (χ0v) is 10.2. The molecule has 0 radical (unpaired) electrons. The SMILES string of the molecule is Nc1ncc([N+](=O)[O-])cc1C(=O)NCc1ccncn1. The van der Waals surface area contributed by atoms with Gasteiger partial charge in [-0.15, -0.1) is 0 Å². The molecule has 2 heterocycles. The number of amides is 1. The van der Waals surface area contributed by atoms with Crippen LogP contribution in [0.4, 0.5) is 11.5 Å². The summed E-state index contributed by atoms with van der Waals surface area (Å²) in [5, 5.41) is 13.2. The van der Waals surface area contributed by atoms with Crippen molar-refractivity contribution in [1.29, 1.82) is 0 Å². The molecule has 0 fully saturated rings. The molecule has 2 aromatic rings. The number of pyridine rings is 1. The monoisotopic (exact) mass is 274 g/mol. The van der Waals surface area contributed by atoms with Crippen molar-refractivity contribution in [2.75, 3.05) is 5.73 Å². The highest BCUT2D eigenvalue weighted by atomic mass is 16.6. The summed E-state index contributed by atoms with van der Waals surface area (Å²) in [5.74, 6) is -0.631. The van der Waals surface area contributed by atoms with Gasteiger partial charge in [-0.1, -0.05) is 0 Å². The van der Waals surface area contributed by atoms with Crippen molar-refractivity contribution in [3.8, 4) is 0 Å². The fourth-order valence-corrected chi connectivity index (χ4v) is 1.43. The van der Waals surface area contributed by atoms with Gasteiger partial charge in [-0.25, -0.2) is 15.0 Å². The lowest BCUT2D eigenvalue weighted by Gasteiger charge is -2.06. The molecule has 0 saturated carbocycles. The van der Waals surface area contributed by atoms with E-state index in [1.807, 2.05) is 0 Å². The zero-order chi connectivity index (χ0) is 14.5. The van der Waals surface area contributed by atoms with Crippen LogP contribution in [-0.4, -0.2) is 25.8 Å². The number of nitrogen functional groups attached to an aromatic ring is 1. The molecule has 2 rings (SSSR count). The summed E-state index contributed by atoms with van der Waals surface area (Å²) in [6.07, 6.45) is 3.89. The summed E-state index contributed by atoms with van der Waals surface area (Å²) in [4.78, 5) is 33.2. The van der Waals surface area contributed by atoms with Crippen LogP contribution in [0.3, 0.4) is 0 Å². The number of nitrogens with zero attached hydrogens (tertiary/aromatic N) is 4. The highest BCUT2D eigenvalue weighted by Gasteiger charge is 2.16. The van der Waals surface area contributed by atoms with Crippen molar-refractivity contribution in [3.63, 3.8) is 0 Å². The second kappa shape index (κ2) is 5.69. The number of hydrogen-bond donors (Lipinski definition) is 2. The Bertz CT molecular complexity index is 646. The van der Waals surface area contributed by atoms with Gasteiger partial charge in [-0.2, -0.15) is 0 Å². The van der Waals surface area contributed by atoms with E-state index >= 15 is 0 Å². The largest absolute Gasteiger partial charge is 0.383 e. The lowest BCUT2D eigenvalue weighted by Crippen LogP contribution is -2.24. The molecule has 0 aliphatic heterocycles. The van der Waals surface area contributed by atoms with Crippen LogP contribution < -0.4 is 11.1 Å². The normalized spacial score (nSPS) is 10.0. The highest BCUT2D eigenvalue weighted by Crippen LogP contribution is 2.16. The molecular formula is C11H10N6O3. The number of rotatable bonds is 4. The molecular weight excluding hydrogens is 264 g/mol. The first-order valence-corrected chi connectivity index (χ1v) is 5.51. The lowest BCUT2D eigenvalue weighted by molar-refractivity contribution is -0.385. The molecule has 2 aromatic heterocycles. The summed E-state index contributed by atoms with van der Waals surface area (Å²) in [6, 6.07) is 2.72. The van der Waals surface area contributed by atoms with Crippen LogP contribution >= 0.6 is 0 Å². The van der Waals surface area contributed by atoms with Gasteiger partial charge in [0.05, 0.1) is 22.7 Å². The molecule has 9 heteroatoms. The van der Waals surface area contributed by atoms with Crippen LogP contribution in [0.2, 0.25) is 0 Å². The molecule has 3 N–H and O–H groups in total. The summed E-state index contributed by atoms with van der Waals surface area (Å²) >= 11 is 0. The van der Waals surface area contributed by atoms with Crippen molar-refractivity contribution in [3.05, 3.63) is 52.2 Å². The number of nitrogens with one attached hydrogen (secondary N) is 1. The minimum absolute atomic E-state index is 0.0479. The van der Waals surface area contributed by atoms with Crippen LogP contribution in [0, 0.1) is 10.1 Å². The third-order valence-corrected chi connectivity index (χ3v) is 2.43. The van der Waals surface area contributed by atoms with Gasteiger partial charge in [0.15, 0.2) is 0 Å². The third kappa shape index (κ3) is 3.02. The lowest BCUT2D eigenvalue weighted by atomic mass is 10.2. The van der Waals surface area contributed by atoms with Gasteiger partial charge in [0.2, 0.25) is 0 Å². The zero-order valence-electron chi connectivity index (χ0n) is 10.2. The molecule has 102 valence electrons. The number of nitro groups is 1. The number of hydrogen-bond acceptors (Lipinski definition) is 7. The molecule has 20 heavy (non-hydrogen) atoms. The number of carbonyl (C=O) groups is 1. The molecule has 0 bridgehead atoms. The molecule has 0 unspecified atom stereocenters. The van der Waals surface area contributed by atoms with Crippen molar-refractivity contribution in [2.45, 2.75) is 6.54 Å². The predicted molar refractivity (Wildman–Crippen MR) is 68.5 cm³/mol. The summed E-state index contributed by atoms with van der Waals surface area (Å²) in [6.45, 7) is 0.156. The first-order valence-electron chi connectivity index (χ1n) is 5.51. The Kier molecular flexibility index (Phi) is 3.80. The quantitative estimate of drug-likeness (QED) is 0.603. The highest BCUT2D eigenvalue weighted by molar-refractivity contribution is 5.98. The van der Waals surface area contributed by atoms with E-state index in [2.05, 4.69) is 20.3 Å². The number of nitrogens with two attached hydrogens (primary N) is 1. The third-order valence-electron chi connectivity index (χ3n) is 2.43. The molecule has 0 aromatic carbocycles. The van der Waals surface area contributed by atoms with Crippen LogP contribution in [-0.2, 0) is 6.54 Å². The molecule has 0 aliphatic carbocycles. The van der Waals surface area contributed by atoms with Crippen LogP contribution in [0.5, 0.6) is 0 Å². The fraction of sp³-hybridized carbons (Fsp3) is 0.0909. The molecule has 0 saturated heterocycles. The van der Waals surface area contributed by atoms with Gasteiger partial charge in [-0.3, -0.25) is 14.9 Å². The molecule has 9 nitrogen and oxygen atoms in total. The van der Waals surface area contributed by atoms with Gasteiger partial charge >= 0.3 is 0 Å². The van der Waals surface area contributed by atoms with E-state index in [9.17, 15) is 14.9 Å². The minimum atomic E-state index is -0.645. The Labute approximate surface area is 113 Å². The summed E-state index contributed by atoms with van der Waals surface area (Å²) < 4.78 is 0. The first-order chi connectivity index (χ1) is 9.58. The smallest absolute Gasteiger partial charge is 0.288 e. The van der Waals surface area contributed by atoms with E-state index in [0.717, 1.165) is 12.3 Å². The van der Waals surface area contributed by atoms with Gasteiger partial charge in [0.25, 0.3) is 11.6 Å². The average Bonchev–Trinajstić information content (AvgIpc) is 2.46. The molecule has 0 spiro atoms.